The zero-order valence-corrected chi connectivity index (χ0v) is 14.7. The molecule has 0 fully saturated rings. The van der Waals surface area contributed by atoms with E-state index in [0.29, 0.717) is 24.5 Å². The van der Waals surface area contributed by atoms with E-state index in [2.05, 4.69) is 15.5 Å². The molecule has 3 rings (SSSR count). The van der Waals surface area contributed by atoms with Crippen molar-refractivity contribution in [2.75, 3.05) is 6.61 Å². The van der Waals surface area contributed by atoms with Gasteiger partial charge in [-0.1, -0.05) is 17.7 Å². The molecule has 1 aromatic carbocycles. The van der Waals surface area contributed by atoms with E-state index in [1.165, 1.54) is 0 Å². The van der Waals surface area contributed by atoms with Gasteiger partial charge < -0.3 is 10.1 Å². The lowest BCUT2D eigenvalue weighted by Gasteiger charge is -2.18. The van der Waals surface area contributed by atoms with E-state index in [1.54, 1.807) is 0 Å². The summed E-state index contributed by atoms with van der Waals surface area (Å²) in [7, 11) is 0. The van der Waals surface area contributed by atoms with Gasteiger partial charge in [-0.05, 0) is 50.8 Å². The minimum atomic E-state index is -0.0289. The highest BCUT2D eigenvalue weighted by Gasteiger charge is 2.22. The van der Waals surface area contributed by atoms with Crippen molar-refractivity contribution in [1.29, 1.82) is 0 Å². The van der Waals surface area contributed by atoms with Crippen LogP contribution in [0, 0.1) is 13.8 Å². The summed E-state index contributed by atoms with van der Waals surface area (Å²) in [5.41, 5.74) is 4.12. The summed E-state index contributed by atoms with van der Waals surface area (Å²) < 4.78 is 5.74. The lowest BCUT2D eigenvalue weighted by atomic mass is 10.0. The number of rotatable bonds is 4. The molecule has 0 saturated heterocycles. The molecular weight excluding hydrogens is 326 g/mol. The van der Waals surface area contributed by atoms with Crippen LogP contribution >= 0.6 is 11.6 Å². The standard InChI is InChI=1S/C18H22ClN3O2/c1-11-14(12(2)22-21-11)7-8-18(23)20-16-4-3-9-24-17-10-13(19)5-6-15(16)17/h5-6,10,16H,3-4,7-9H2,1-2H3,(H,20,23)(H,21,22)/t16-/m1/s1. The van der Waals surface area contributed by atoms with Crippen LogP contribution in [0.25, 0.3) is 0 Å². The SMILES string of the molecule is Cc1n[nH]c(C)c1CCC(=O)N[C@@H]1CCCOc2cc(Cl)ccc21. The number of aromatic amines is 1. The molecule has 128 valence electrons. The second-order valence-corrected chi connectivity index (χ2v) is 6.64. The molecule has 2 N–H and O–H groups in total. The molecule has 0 aliphatic carbocycles. The van der Waals surface area contributed by atoms with Gasteiger partial charge in [0.25, 0.3) is 0 Å². The van der Waals surface area contributed by atoms with Gasteiger partial charge in [-0.3, -0.25) is 9.89 Å². The number of ether oxygens (including phenoxy) is 1. The number of nitrogens with zero attached hydrogens (tertiary/aromatic N) is 1. The number of amides is 1. The Hall–Kier alpha value is -2.01. The fraction of sp³-hybridized carbons (Fsp3) is 0.444. The number of fused-ring (bicyclic) bond motifs is 1. The van der Waals surface area contributed by atoms with Crippen molar-refractivity contribution in [3.05, 3.63) is 45.7 Å². The zero-order valence-electron chi connectivity index (χ0n) is 14.0. The van der Waals surface area contributed by atoms with Crippen molar-refractivity contribution in [3.8, 4) is 5.75 Å². The van der Waals surface area contributed by atoms with Crippen molar-refractivity contribution in [2.24, 2.45) is 0 Å². The topological polar surface area (TPSA) is 67.0 Å². The molecule has 1 atom stereocenters. The van der Waals surface area contributed by atoms with E-state index in [-0.39, 0.29) is 11.9 Å². The van der Waals surface area contributed by atoms with Gasteiger partial charge in [-0.15, -0.1) is 0 Å². The van der Waals surface area contributed by atoms with E-state index in [1.807, 2.05) is 32.0 Å². The van der Waals surface area contributed by atoms with Crippen molar-refractivity contribution < 1.29 is 9.53 Å². The first-order valence-electron chi connectivity index (χ1n) is 8.26. The minimum Gasteiger partial charge on any atom is -0.493 e. The van der Waals surface area contributed by atoms with Crippen LogP contribution in [-0.2, 0) is 11.2 Å². The average Bonchev–Trinajstić information content (AvgIpc) is 2.75. The van der Waals surface area contributed by atoms with Gasteiger partial charge in [-0.25, -0.2) is 0 Å². The first-order chi connectivity index (χ1) is 11.5. The average molecular weight is 348 g/mol. The Morgan fingerprint density at radius 2 is 2.29 bits per heavy atom. The molecule has 6 heteroatoms. The molecule has 1 amide bonds. The molecule has 0 unspecified atom stereocenters. The third-order valence-corrected chi connectivity index (χ3v) is 4.70. The minimum absolute atomic E-state index is 0.0289. The van der Waals surface area contributed by atoms with E-state index in [9.17, 15) is 4.79 Å². The number of carbonyl (C=O) groups excluding carboxylic acids is 1. The number of nitrogens with one attached hydrogen (secondary N) is 2. The number of hydrogen-bond donors (Lipinski definition) is 2. The van der Waals surface area contributed by atoms with E-state index < -0.39 is 0 Å². The van der Waals surface area contributed by atoms with Gasteiger partial charge >= 0.3 is 0 Å². The zero-order chi connectivity index (χ0) is 17.1. The highest BCUT2D eigenvalue weighted by Crippen LogP contribution is 2.33. The Kier molecular flexibility index (Phi) is 5.09. The van der Waals surface area contributed by atoms with Gasteiger partial charge in [0.15, 0.2) is 0 Å². The van der Waals surface area contributed by atoms with Crippen LogP contribution in [0.4, 0.5) is 0 Å². The molecule has 0 radical (unpaired) electrons. The summed E-state index contributed by atoms with van der Waals surface area (Å²) in [4.78, 5) is 12.4. The van der Waals surface area contributed by atoms with Gasteiger partial charge in [0, 0.05) is 22.7 Å². The fourth-order valence-corrected chi connectivity index (χ4v) is 3.31. The van der Waals surface area contributed by atoms with Gasteiger partial charge in [0.2, 0.25) is 5.91 Å². The molecule has 1 aliphatic rings. The van der Waals surface area contributed by atoms with Crippen LogP contribution in [0.3, 0.4) is 0 Å². The first kappa shape index (κ1) is 16.8. The first-order valence-corrected chi connectivity index (χ1v) is 8.64. The lowest BCUT2D eigenvalue weighted by molar-refractivity contribution is -0.121. The van der Waals surface area contributed by atoms with Crippen molar-refractivity contribution >= 4 is 17.5 Å². The van der Waals surface area contributed by atoms with Crippen LogP contribution in [0.5, 0.6) is 5.75 Å². The Morgan fingerprint density at radius 1 is 1.46 bits per heavy atom. The molecular formula is C18H22ClN3O2. The summed E-state index contributed by atoms with van der Waals surface area (Å²) in [5.74, 6) is 0.814. The van der Waals surface area contributed by atoms with E-state index in [4.69, 9.17) is 16.3 Å². The highest BCUT2D eigenvalue weighted by molar-refractivity contribution is 6.30. The van der Waals surface area contributed by atoms with Crippen molar-refractivity contribution in [1.82, 2.24) is 15.5 Å². The third kappa shape index (κ3) is 3.73. The number of benzene rings is 1. The number of carbonyl (C=O) groups is 1. The Morgan fingerprint density at radius 3 is 3.04 bits per heavy atom. The molecule has 24 heavy (non-hydrogen) atoms. The lowest BCUT2D eigenvalue weighted by Crippen LogP contribution is -2.28. The summed E-state index contributed by atoms with van der Waals surface area (Å²) in [5, 5.41) is 10.9. The maximum Gasteiger partial charge on any atom is 0.220 e. The molecule has 5 nitrogen and oxygen atoms in total. The summed E-state index contributed by atoms with van der Waals surface area (Å²) in [6.45, 7) is 4.59. The van der Waals surface area contributed by atoms with Gasteiger partial charge in [0.1, 0.15) is 5.75 Å². The monoisotopic (exact) mass is 347 g/mol. The van der Waals surface area contributed by atoms with Gasteiger partial charge in [0.05, 0.1) is 18.3 Å². The maximum atomic E-state index is 12.4. The molecule has 2 aromatic rings. The Balaban J connectivity index is 1.66. The van der Waals surface area contributed by atoms with Crippen LogP contribution in [0.15, 0.2) is 18.2 Å². The number of aryl methyl sites for hydroxylation is 2. The molecule has 1 aliphatic heterocycles. The smallest absolute Gasteiger partial charge is 0.220 e. The van der Waals surface area contributed by atoms with Crippen LogP contribution in [0.1, 0.15) is 47.8 Å². The van der Waals surface area contributed by atoms with Gasteiger partial charge in [-0.2, -0.15) is 5.10 Å². The molecule has 0 spiro atoms. The normalized spacial score (nSPS) is 16.9. The maximum absolute atomic E-state index is 12.4. The largest absolute Gasteiger partial charge is 0.493 e. The summed E-state index contributed by atoms with van der Waals surface area (Å²) >= 11 is 6.04. The highest BCUT2D eigenvalue weighted by atomic mass is 35.5. The molecule has 1 aromatic heterocycles. The van der Waals surface area contributed by atoms with E-state index in [0.717, 1.165) is 41.1 Å². The second kappa shape index (κ2) is 7.26. The predicted molar refractivity (Wildman–Crippen MR) is 93.4 cm³/mol. The summed E-state index contributed by atoms with van der Waals surface area (Å²) in [6, 6.07) is 5.57. The van der Waals surface area contributed by atoms with Crippen molar-refractivity contribution in [3.63, 3.8) is 0 Å². The van der Waals surface area contributed by atoms with Crippen LogP contribution in [-0.4, -0.2) is 22.7 Å². The fourth-order valence-electron chi connectivity index (χ4n) is 3.14. The number of H-pyrrole nitrogens is 1. The second-order valence-electron chi connectivity index (χ2n) is 6.21. The quantitative estimate of drug-likeness (QED) is 0.887. The molecule has 0 saturated carbocycles. The third-order valence-electron chi connectivity index (χ3n) is 4.46. The van der Waals surface area contributed by atoms with E-state index >= 15 is 0 Å². The van der Waals surface area contributed by atoms with Crippen molar-refractivity contribution in [2.45, 2.75) is 45.6 Å². The molecule has 0 bridgehead atoms. The number of halogens is 1. The Bertz CT molecular complexity index is 722. The Labute approximate surface area is 146 Å². The van der Waals surface area contributed by atoms with Crippen LogP contribution < -0.4 is 10.1 Å². The predicted octanol–water partition coefficient (Wildman–Crippen LogP) is 3.64. The molecule has 2 heterocycles. The van der Waals surface area contributed by atoms with Crippen LogP contribution in [0.2, 0.25) is 5.02 Å². The summed E-state index contributed by atoms with van der Waals surface area (Å²) in [6.07, 6.45) is 2.90. The number of hydrogen-bond acceptors (Lipinski definition) is 3. The number of aromatic nitrogens is 2.